The van der Waals surface area contributed by atoms with E-state index in [1.807, 2.05) is 31.2 Å². The molecular weight excluding hydrogens is 260 g/mol. The van der Waals surface area contributed by atoms with Gasteiger partial charge >= 0.3 is 5.88 Å². The second-order valence-electron chi connectivity index (χ2n) is 4.37. The molecule has 0 saturated heterocycles. The molecule has 20 heavy (non-hydrogen) atoms. The van der Waals surface area contributed by atoms with Gasteiger partial charge in [-0.05, 0) is 30.7 Å². The standard InChI is InChI=1S/C14H16N2O4/c1-10(11-3-5-12(19-2)6-4-11)15-9-13-7-8-14(20-13)16(17)18/h3-8,10,15H,9H2,1-2H3/t10-/m1/s1. The Morgan fingerprint density at radius 1 is 1.30 bits per heavy atom. The van der Waals surface area contributed by atoms with Crippen LogP contribution in [0.1, 0.15) is 24.3 Å². The number of nitro groups is 1. The average molecular weight is 276 g/mol. The van der Waals surface area contributed by atoms with Crippen molar-refractivity contribution < 1.29 is 14.1 Å². The number of benzene rings is 1. The van der Waals surface area contributed by atoms with Gasteiger partial charge in [-0.2, -0.15) is 0 Å². The van der Waals surface area contributed by atoms with Crippen LogP contribution in [0.4, 0.5) is 5.88 Å². The molecule has 1 aromatic heterocycles. The lowest BCUT2D eigenvalue weighted by Crippen LogP contribution is -2.17. The monoisotopic (exact) mass is 276 g/mol. The molecule has 106 valence electrons. The molecular formula is C14H16N2O4. The third kappa shape index (κ3) is 3.36. The van der Waals surface area contributed by atoms with Gasteiger partial charge in [-0.1, -0.05) is 12.1 Å². The van der Waals surface area contributed by atoms with E-state index in [1.54, 1.807) is 13.2 Å². The summed E-state index contributed by atoms with van der Waals surface area (Å²) >= 11 is 0. The highest BCUT2D eigenvalue weighted by molar-refractivity contribution is 5.28. The smallest absolute Gasteiger partial charge is 0.433 e. The first-order valence-electron chi connectivity index (χ1n) is 6.20. The highest BCUT2D eigenvalue weighted by Crippen LogP contribution is 2.19. The normalized spacial score (nSPS) is 12.1. The molecule has 1 heterocycles. The summed E-state index contributed by atoms with van der Waals surface area (Å²) in [5, 5.41) is 13.8. The summed E-state index contributed by atoms with van der Waals surface area (Å²) in [6, 6.07) is 10.8. The molecule has 0 aliphatic heterocycles. The summed E-state index contributed by atoms with van der Waals surface area (Å²) in [5.74, 6) is 1.11. The highest BCUT2D eigenvalue weighted by Gasteiger charge is 2.12. The number of methoxy groups -OCH3 is 1. The van der Waals surface area contributed by atoms with Gasteiger partial charge in [0.2, 0.25) is 0 Å². The fourth-order valence-electron chi connectivity index (χ4n) is 1.82. The lowest BCUT2D eigenvalue weighted by Gasteiger charge is -2.13. The number of nitrogens with one attached hydrogen (secondary N) is 1. The summed E-state index contributed by atoms with van der Waals surface area (Å²) in [6.45, 7) is 2.44. The Labute approximate surface area is 116 Å². The van der Waals surface area contributed by atoms with Crippen LogP contribution in [0.5, 0.6) is 5.75 Å². The van der Waals surface area contributed by atoms with Gasteiger partial charge in [-0.3, -0.25) is 10.1 Å². The first-order chi connectivity index (χ1) is 9.60. The Morgan fingerprint density at radius 2 is 2.00 bits per heavy atom. The van der Waals surface area contributed by atoms with E-state index in [1.165, 1.54) is 6.07 Å². The van der Waals surface area contributed by atoms with Gasteiger partial charge in [0.05, 0.1) is 19.7 Å². The van der Waals surface area contributed by atoms with E-state index in [2.05, 4.69) is 5.32 Å². The van der Waals surface area contributed by atoms with E-state index in [4.69, 9.17) is 9.15 Å². The predicted octanol–water partition coefficient (Wildman–Crippen LogP) is 3.05. The number of rotatable bonds is 6. The maximum atomic E-state index is 10.5. The maximum absolute atomic E-state index is 10.5. The summed E-state index contributed by atoms with van der Waals surface area (Å²) in [6.07, 6.45) is 0. The van der Waals surface area contributed by atoms with E-state index in [0.717, 1.165) is 11.3 Å². The minimum absolute atomic E-state index is 0.102. The number of hydrogen-bond donors (Lipinski definition) is 1. The van der Waals surface area contributed by atoms with Crippen LogP contribution in [0.15, 0.2) is 40.8 Å². The van der Waals surface area contributed by atoms with Crippen molar-refractivity contribution in [2.75, 3.05) is 7.11 Å². The van der Waals surface area contributed by atoms with Gasteiger partial charge in [0.25, 0.3) is 0 Å². The summed E-state index contributed by atoms with van der Waals surface area (Å²) in [4.78, 5) is 9.97. The fourth-order valence-corrected chi connectivity index (χ4v) is 1.82. The quantitative estimate of drug-likeness (QED) is 0.648. The Kier molecular flexibility index (Phi) is 4.37. The molecule has 2 rings (SSSR count). The van der Waals surface area contributed by atoms with Gasteiger partial charge in [-0.15, -0.1) is 0 Å². The van der Waals surface area contributed by atoms with Crippen molar-refractivity contribution in [1.29, 1.82) is 0 Å². The number of furan rings is 1. The van der Waals surface area contributed by atoms with Crippen LogP contribution in [0.3, 0.4) is 0 Å². The van der Waals surface area contributed by atoms with Gasteiger partial charge in [0.1, 0.15) is 16.4 Å². The Bertz CT molecular complexity index is 577. The van der Waals surface area contributed by atoms with Crippen molar-refractivity contribution in [3.8, 4) is 5.75 Å². The van der Waals surface area contributed by atoms with Crippen LogP contribution >= 0.6 is 0 Å². The molecule has 1 aromatic carbocycles. The Morgan fingerprint density at radius 3 is 2.55 bits per heavy atom. The zero-order valence-electron chi connectivity index (χ0n) is 11.3. The SMILES string of the molecule is COc1ccc([C@@H](C)NCc2ccc([N+](=O)[O-])o2)cc1. The van der Waals surface area contributed by atoms with Crippen LogP contribution < -0.4 is 10.1 Å². The predicted molar refractivity (Wildman–Crippen MR) is 73.6 cm³/mol. The molecule has 0 fully saturated rings. The molecule has 0 aliphatic rings. The zero-order chi connectivity index (χ0) is 14.5. The van der Waals surface area contributed by atoms with Crippen molar-refractivity contribution in [3.63, 3.8) is 0 Å². The average Bonchev–Trinajstić information content (AvgIpc) is 2.94. The van der Waals surface area contributed by atoms with Crippen LogP contribution in [-0.2, 0) is 6.54 Å². The van der Waals surface area contributed by atoms with Gasteiger partial charge in [0, 0.05) is 6.04 Å². The van der Waals surface area contributed by atoms with Crippen molar-refractivity contribution in [2.45, 2.75) is 19.5 Å². The molecule has 0 saturated carbocycles. The van der Waals surface area contributed by atoms with E-state index in [9.17, 15) is 10.1 Å². The molecule has 0 aliphatic carbocycles. The van der Waals surface area contributed by atoms with Gasteiger partial charge in [-0.25, -0.2) is 0 Å². The summed E-state index contributed by atoms with van der Waals surface area (Å²) in [5.41, 5.74) is 1.10. The third-order valence-corrected chi connectivity index (χ3v) is 3.03. The van der Waals surface area contributed by atoms with E-state index >= 15 is 0 Å². The first-order valence-corrected chi connectivity index (χ1v) is 6.20. The molecule has 0 bridgehead atoms. The fraction of sp³-hybridized carbons (Fsp3) is 0.286. The van der Waals surface area contributed by atoms with Crippen LogP contribution in [-0.4, -0.2) is 12.0 Å². The maximum Gasteiger partial charge on any atom is 0.433 e. The highest BCUT2D eigenvalue weighted by atomic mass is 16.6. The van der Waals surface area contributed by atoms with Crippen molar-refractivity contribution in [1.82, 2.24) is 5.32 Å². The van der Waals surface area contributed by atoms with E-state index in [-0.39, 0.29) is 11.9 Å². The second-order valence-corrected chi connectivity index (χ2v) is 4.37. The molecule has 0 unspecified atom stereocenters. The van der Waals surface area contributed by atoms with E-state index in [0.29, 0.717) is 12.3 Å². The summed E-state index contributed by atoms with van der Waals surface area (Å²) < 4.78 is 10.2. The van der Waals surface area contributed by atoms with Crippen molar-refractivity contribution in [2.24, 2.45) is 0 Å². The molecule has 6 nitrogen and oxygen atoms in total. The zero-order valence-corrected chi connectivity index (χ0v) is 11.3. The lowest BCUT2D eigenvalue weighted by atomic mass is 10.1. The number of hydrogen-bond acceptors (Lipinski definition) is 5. The topological polar surface area (TPSA) is 77.5 Å². The minimum Gasteiger partial charge on any atom is -0.497 e. The van der Waals surface area contributed by atoms with Crippen molar-refractivity contribution in [3.05, 3.63) is 57.8 Å². The van der Waals surface area contributed by atoms with Crippen LogP contribution in [0.25, 0.3) is 0 Å². The van der Waals surface area contributed by atoms with Gasteiger partial charge < -0.3 is 14.5 Å². The van der Waals surface area contributed by atoms with Crippen molar-refractivity contribution >= 4 is 5.88 Å². The summed E-state index contributed by atoms with van der Waals surface area (Å²) in [7, 11) is 1.63. The molecule has 1 N–H and O–H groups in total. The second kappa shape index (κ2) is 6.21. The third-order valence-electron chi connectivity index (χ3n) is 3.03. The largest absolute Gasteiger partial charge is 0.497 e. The lowest BCUT2D eigenvalue weighted by molar-refractivity contribution is -0.402. The van der Waals surface area contributed by atoms with Crippen LogP contribution in [0.2, 0.25) is 0 Å². The Hall–Kier alpha value is -2.34. The first kappa shape index (κ1) is 14.1. The Balaban J connectivity index is 1.93. The molecule has 0 spiro atoms. The van der Waals surface area contributed by atoms with Crippen LogP contribution in [0, 0.1) is 10.1 Å². The van der Waals surface area contributed by atoms with Gasteiger partial charge in [0.15, 0.2) is 0 Å². The molecule has 2 aromatic rings. The van der Waals surface area contributed by atoms with E-state index < -0.39 is 4.92 Å². The molecule has 6 heteroatoms. The molecule has 0 amide bonds. The minimum atomic E-state index is -0.545. The molecule has 0 radical (unpaired) electrons. The molecule has 1 atom stereocenters. The number of ether oxygens (including phenoxy) is 1. The number of nitrogens with zero attached hydrogens (tertiary/aromatic N) is 1.